The van der Waals surface area contributed by atoms with Crippen LogP contribution >= 0.6 is 24.0 Å². The topological polar surface area (TPSA) is 57.9 Å². The molecule has 1 amide bonds. The minimum atomic E-state index is -0.148. The fourth-order valence-corrected chi connectivity index (χ4v) is 5.53. The van der Waals surface area contributed by atoms with Gasteiger partial charge in [0.2, 0.25) is 0 Å². The van der Waals surface area contributed by atoms with Crippen LogP contribution in [0.25, 0.3) is 11.7 Å². The van der Waals surface area contributed by atoms with Crippen LogP contribution in [0.2, 0.25) is 0 Å². The van der Waals surface area contributed by atoms with Crippen LogP contribution in [0.1, 0.15) is 63.0 Å². The summed E-state index contributed by atoms with van der Waals surface area (Å²) in [7, 11) is 0. The number of carbonyl (C=O) groups excluding carboxylic acids is 1. The third-order valence-electron chi connectivity index (χ3n) is 6.03. The Kier molecular flexibility index (Phi) is 7.30. The van der Waals surface area contributed by atoms with Crippen LogP contribution in [0.3, 0.4) is 0 Å². The van der Waals surface area contributed by atoms with Crippen LogP contribution in [0.4, 0.5) is 5.82 Å². The second-order valence-electron chi connectivity index (χ2n) is 8.53. The van der Waals surface area contributed by atoms with Gasteiger partial charge in [-0.15, -0.1) is 0 Å². The summed E-state index contributed by atoms with van der Waals surface area (Å²) in [5.41, 5.74) is 1.93. The first kappa shape index (κ1) is 23.0. The predicted molar refractivity (Wildman–Crippen MR) is 136 cm³/mol. The van der Waals surface area contributed by atoms with Crippen LogP contribution in [-0.2, 0) is 4.79 Å². The first-order valence-electron chi connectivity index (χ1n) is 11.5. The number of pyridine rings is 1. The van der Waals surface area contributed by atoms with E-state index in [0.29, 0.717) is 32.8 Å². The van der Waals surface area contributed by atoms with E-state index in [0.717, 1.165) is 44.3 Å². The van der Waals surface area contributed by atoms with Crippen molar-refractivity contribution in [3.63, 3.8) is 0 Å². The maximum Gasteiger partial charge on any atom is 0.267 e. The third kappa shape index (κ3) is 4.76. The molecular weight excluding hydrogens is 440 g/mol. The Morgan fingerprint density at radius 1 is 1.12 bits per heavy atom. The molecule has 2 saturated heterocycles. The van der Waals surface area contributed by atoms with Gasteiger partial charge in [0, 0.05) is 25.8 Å². The first-order valence-corrected chi connectivity index (χ1v) is 12.8. The molecule has 0 N–H and O–H groups in total. The zero-order chi connectivity index (χ0) is 22.7. The lowest BCUT2D eigenvalue weighted by Gasteiger charge is -2.19. The van der Waals surface area contributed by atoms with Crippen LogP contribution in [0.5, 0.6) is 0 Å². The van der Waals surface area contributed by atoms with E-state index in [1.165, 1.54) is 31.0 Å². The monoisotopic (exact) mass is 470 g/mol. The molecule has 2 fully saturated rings. The number of unbranched alkanes of at least 4 members (excludes halogenated alkanes) is 4. The van der Waals surface area contributed by atoms with E-state index in [-0.39, 0.29) is 11.5 Å². The van der Waals surface area contributed by atoms with Gasteiger partial charge in [0.05, 0.1) is 10.5 Å². The fraction of sp³-hybridized carbons (Fsp3) is 0.500. The number of fused-ring (bicyclic) bond motifs is 1. The van der Waals surface area contributed by atoms with Crippen LogP contribution < -0.4 is 10.5 Å². The van der Waals surface area contributed by atoms with Gasteiger partial charge in [0.1, 0.15) is 15.8 Å². The molecule has 0 aliphatic carbocycles. The summed E-state index contributed by atoms with van der Waals surface area (Å²) in [5.74, 6) is 0.567. The highest BCUT2D eigenvalue weighted by atomic mass is 32.2. The maximum absolute atomic E-state index is 13.5. The average Bonchev–Trinajstić information content (AvgIpc) is 3.40. The van der Waals surface area contributed by atoms with Crippen molar-refractivity contribution >= 4 is 51.7 Å². The second kappa shape index (κ2) is 10.2. The zero-order valence-electron chi connectivity index (χ0n) is 18.8. The molecule has 0 unspecified atom stereocenters. The number of aryl methyl sites for hydroxylation is 1. The molecular formula is C24H30N4O2S2. The van der Waals surface area contributed by atoms with Gasteiger partial charge in [-0.2, -0.15) is 0 Å². The van der Waals surface area contributed by atoms with Gasteiger partial charge in [-0.25, -0.2) is 4.98 Å². The molecule has 8 heteroatoms. The number of amides is 1. The van der Waals surface area contributed by atoms with Crippen molar-refractivity contribution in [2.24, 2.45) is 0 Å². The molecule has 32 heavy (non-hydrogen) atoms. The summed E-state index contributed by atoms with van der Waals surface area (Å²) in [4.78, 5) is 35.7. The van der Waals surface area contributed by atoms with Gasteiger partial charge in [-0.3, -0.25) is 18.9 Å². The van der Waals surface area contributed by atoms with Crippen molar-refractivity contribution in [2.75, 3.05) is 24.5 Å². The second-order valence-corrected chi connectivity index (χ2v) is 10.2. The van der Waals surface area contributed by atoms with Crippen molar-refractivity contribution in [3.8, 4) is 0 Å². The lowest BCUT2D eigenvalue weighted by Crippen LogP contribution is -2.29. The van der Waals surface area contributed by atoms with Crippen molar-refractivity contribution in [1.82, 2.24) is 14.3 Å². The first-order chi connectivity index (χ1) is 15.5. The number of thioether (sulfide) groups is 1. The van der Waals surface area contributed by atoms with E-state index in [2.05, 4.69) is 11.8 Å². The number of thiocarbonyl (C=S) groups is 1. The molecule has 170 valence electrons. The molecule has 2 aromatic heterocycles. The number of hydrogen-bond donors (Lipinski definition) is 0. The van der Waals surface area contributed by atoms with E-state index in [4.69, 9.17) is 17.2 Å². The molecule has 6 nitrogen and oxygen atoms in total. The molecule has 0 bridgehead atoms. The number of aromatic nitrogens is 2. The average molecular weight is 471 g/mol. The fourth-order valence-electron chi connectivity index (χ4n) is 4.24. The highest BCUT2D eigenvalue weighted by molar-refractivity contribution is 8.26. The van der Waals surface area contributed by atoms with E-state index in [1.54, 1.807) is 21.6 Å². The Balaban J connectivity index is 1.67. The van der Waals surface area contributed by atoms with Gasteiger partial charge < -0.3 is 4.90 Å². The molecule has 0 atom stereocenters. The minimum absolute atomic E-state index is 0.100. The van der Waals surface area contributed by atoms with Gasteiger partial charge in [-0.05, 0) is 43.9 Å². The quantitative estimate of drug-likeness (QED) is 0.315. The highest BCUT2D eigenvalue weighted by Crippen LogP contribution is 2.34. The van der Waals surface area contributed by atoms with Crippen LogP contribution in [-0.4, -0.2) is 44.1 Å². The molecule has 0 aromatic carbocycles. The largest absolute Gasteiger partial charge is 0.356 e. The van der Waals surface area contributed by atoms with E-state index in [9.17, 15) is 9.59 Å². The Morgan fingerprint density at radius 3 is 2.62 bits per heavy atom. The Labute approximate surface area is 198 Å². The summed E-state index contributed by atoms with van der Waals surface area (Å²) in [6, 6.07) is 3.83. The molecule has 0 saturated carbocycles. The lowest BCUT2D eigenvalue weighted by atomic mass is 10.1. The van der Waals surface area contributed by atoms with Gasteiger partial charge in [-0.1, -0.05) is 62.7 Å². The van der Waals surface area contributed by atoms with Gasteiger partial charge in [0.15, 0.2) is 0 Å². The number of hydrogen-bond acceptors (Lipinski definition) is 6. The smallest absolute Gasteiger partial charge is 0.267 e. The van der Waals surface area contributed by atoms with Gasteiger partial charge in [0.25, 0.3) is 11.5 Å². The summed E-state index contributed by atoms with van der Waals surface area (Å²) in [6.45, 7) is 6.52. The summed E-state index contributed by atoms with van der Waals surface area (Å²) in [5, 5.41) is 0. The Morgan fingerprint density at radius 2 is 1.88 bits per heavy atom. The third-order valence-corrected chi connectivity index (χ3v) is 7.40. The van der Waals surface area contributed by atoms with Crippen LogP contribution in [0, 0.1) is 6.92 Å². The molecule has 2 aliphatic rings. The normalized spacial score (nSPS) is 18.0. The van der Waals surface area contributed by atoms with E-state index < -0.39 is 0 Å². The zero-order valence-corrected chi connectivity index (χ0v) is 20.4. The Bertz CT molecular complexity index is 1120. The lowest BCUT2D eigenvalue weighted by molar-refractivity contribution is -0.122. The highest BCUT2D eigenvalue weighted by Gasteiger charge is 2.32. The number of rotatable bonds is 8. The van der Waals surface area contributed by atoms with Crippen molar-refractivity contribution in [3.05, 3.63) is 44.7 Å². The molecule has 4 rings (SSSR count). The van der Waals surface area contributed by atoms with Crippen molar-refractivity contribution in [1.29, 1.82) is 0 Å². The van der Waals surface area contributed by atoms with E-state index in [1.807, 2.05) is 19.1 Å². The summed E-state index contributed by atoms with van der Waals surface area (Å²) < 4.78 is 2.15. The molecule has 2 aromatic rings. The number of anilines is 1. The molecule has 0 radical (unpaired) electrons. The van der Waals surface area contributed by atoms with Crippen molar-refractivity contribution in [2.45, 2.75) is 58.8 Å². The maximum atomic E-state index is 13.5. The van der Waals surface area contributed by atoms with Crippen LogP contribution in [0.15, 0.2) is 28.0 Å². The molecule has 2 aliphatic heterocycles. The number of nitrogens with zero attached hydrogens (tertiary/aromatic N) is 4. The summed E-state index contributed by atoms with van der Waals surface area (Å²) >= 11 is 6.78. The molecule has 0 spiro atoms. The minimum Gasteiger partial charge on any atom is -0.356 e. The van der Waals surface area contributed by atoms with Gasteiger partial charge >= 0.3 is 0 Å². The summed E-state index contributed by atoms with van der Waals surface area (Å²) in [6.07, 6.45) is 11.3. The SMILES string of the molecule is CCCCCCCN1C(=O)/C(=C\c2c(N3CCCC3)nc3ccc(C)cn3c2=O)SC1=S. The Hall–Kier alpha value is -2.19. The predicted octanol–water partition coefficient (Wildman–Crippen LogP) is 4.77. The molecule has 4 heterocycles. The van der Waals surface area contributed by atoms with Crippen molar-refractivity contribution < 1.29 is 4.79 Å². The number of carbonyl (C=O) groups is 1. The standard InChI is InChI=1S/C24H30N4O2S2/c1-3-4-5-6-7-14-27-23(30)19(32-24(27)31)15-18-21(26-12-8-9-13-26)25-20-11-10-17(2)16-28(20)22(18)29/h10-11,15-16H,3-9,12-14H2,1-2H3/b19-15+. The van der Waals surface area contributed by atoms with E-state index >= 15 is 0 Å².